The number of hydrogen-bond donors (Lipinski definition) is 0. The van der Waals surface area contributed by atoms with Gasteiger partial charge in [-0.3, -0.25) is 9.69 Å². The summed E-state index contributed by atoms with van der Waals surface area (Å²) in [7, 11) is 0. The van der Waals surface area contributed by atoms with Gasteiger partial charge in [-0.05, 0) is 75.8 Å². The second kappa shape index (κ2) is 9.23. The number of rotatable bonds is 8. The van der Waals surface area contributed by atoms with E-state index in [0.717, 1.165) is 41.9 Å². The second-order valence-electron chi connectivity index (χ2n) is 10.1. The maximum atomic E-state index is 12.2. The minimum atomic E-state index is 0.162. The van der Waals surface area contributed by atoms with Gasteiger partial charge in [-0.1, -0.05) is 48.5 Å². The van der Waals surface area contributed by atoms with Crippen molar-refractivity contribution >= 4 is 16.7 Å². The van der Waals surface area contributed by atoms with Crippen LogP contribution in [0.15, 0.2) is 54.7 Å². The van der Waals surface area contributed by atoms with Crippen molar-refractivity contribution in [1.82, 2.24) is 9.47 Å². The van der Waals surface area contributed by atoms with E-state index in [1.165, 1.54) is 61.7 Å². The van der Waals surface area contributed by atoms with Crippen LogP contribution in [0.1, 0.15) is 66.9 Å². The molecule has 2 aliphatic heterocycles. The zero-order valence-corrected chi connectivity index (χ0v) is 19.6. The summed E-state index contributed by atoms with van der Waals surface area (Å²) in [5.74, 6) is 1.05. The highest BCUT2D eigenvalue weighted by Gasteiger charge is 2.39. The molecule has 2 unspecified atom stereocenters. The molecule has 0 N–H and O–H groups in total. The number of carbonyl (C=O) groups is 1. The van der Waals surface area contributed by atoms with Crippen molar-refractivity contribution in [2.75, 3.05) is 6.54 Å². The monoisotopic (exact) mass is 428 g/mol. The molecule has 0 aliphatic carbocycles. The van der Waals surface area contributed by atoms with Gasteiger partial charge in [0.1, 0.15) is 0 Å². The van der Waals surface area contributed by atoms with Crippen LogP contribution in [0.3, 0.4) is 0 Å². The van der Waals surface area contributed by atoms with Gasteiger partial charge < -0.3 is 4.57 Å². The first-order chi connectivity index (χ1) is 15.6. The van der Waals surface area contributed by atoms with E-state index in [4.69, 9.17) is 0 Å². The van der Waals surface area contributed by atoms with Gasteiger partial charge in [0.25, 0.3) is 0 Å². The average Bonchev–Trinajstić information content (AvgIpc) is 3.28. The van der Waals surface area contributed by atoms with Gasteiger partial charge in [0.2, 0.25) is 0 Å². The van der Waals surface area contributed by atoms with E-state index in [1.807, 2.05) is 0 Å². The minimum absolute atomic E-state index is 0.162. The molecule has 2 atom stereocenters. The number of Topliss-reactive ketones (excluding diaryl/α,β-unsaturated/α-hetero) is 1. The van der Waals surface area contributed by atoms with Crippen molar-refractivity contribution in [3.8, 4) is 0 Å². The van der Waals surface area contributed by atoms with Gasteiger partial charge in [-0.25, -0.2) is 0 Å². The summed E-state index contributed by atoms with van der Waals surface area (Å²) in [6.07, 6.45) is 11.3. The summed E-state index contributed by atoms with van der Waals surface area (Å²) in [6.45, 7) is 6.01. The molecular weight excluding hydrogens is 392 g/mol. The van der Waals surface area contributed by atoms with Crippen molar-refractivity contribution in [1.29, 1.82) is 0 Å². The molecule has 3 heteroatoms. The van der Waals surface area contributed by atoms with Crippen LogP contribution >= 0.6 is 0 Å². The highest BCUT2D eigenvalue weighted by molar-refractivity contribution is 6.07. The van der Waals surface area contributed by atoms with Crippen molar-refractivity contribution in [3.63, 3.8) is 0 Å². The summed E-state index contributed by atoms with van der Waals surface area (Å²) in [5, 5.41) is 1.11. The fourth-order valence-corrected chi connectivity index (χ4v) is 6.43. The molecule has 2 saturated heterocycles. The lowest BCUT2D eigenvalue weighted by Gasteiger charge is -2.39. The Morgan fingerprint density at radius 3 is 2.44 bits per heavy atom. The van der Waals surface area contributed by atoms with Gasteiger partial charge in [0, 0.05) is 42.3 Å². The average molecular weight is 429 g/mol. The molecule has 32 heavy (non-hydrogen) atoms. The lowest BCUT2D eigenvalue weighted by atomic mass is 9.86. The molecule has 2 aliphatic rings. The zero-order valence-electron chi connectivity index (χ0n) is 19.6. The largest absolute Gasteiger partial charge is 0.346 e. The molecule has 1 aromatic heterocycles. The fourth-order valence-electron chi connectivity index (χ4n) is 6.43. The Hall–Kier alpha value is -2.39. The van der Waals surface area contributed by atoms with E-state index in [9.17, 15) is 4.79 Å². The van der Waals surface area contributed by atoms with Crippen LogP contribution in [0.5, 0.6) is 0 Å². The quantitative estimate of drug-likeness (QED) is 0.387. The minimum Gasteiger partial charge on any atom is -0.346 e. The summed E-state index contributed by atoms with van der Waals surface area (Å²) < 4.78 is 2.33. The smallest absolute Gasteiger partial charge is 0.161 e. The van der Waals surface area contributed by atoms with Crippen LogP contribution < -0.4 is 0 Å². The summed E-state index contributed by atoms with van der Waals surface area (Å²) in [6, 6.07) is 18.9. The maximum absolute atomic E-state index is 12.2. The van der Waals surface area contributed by atoms with Crippen molar-refractivity contribution < 1.29 is 4.79 Å². The topological polar surface area (TPSA) is 25.2 Å². The van der Waals surface area contributed by atoms with E-state index in [0.29, 0.717) is 0 Å². The third-order valence-corrected chi connectivity index (χ3v) is 7.96. The van der Waals surface area contributed by atoms with E-state index in [-0.39, 0.29) is 5.78 Å². The first kappa shape index (κ1) is 21.5. The molecule has 3 heterocycles. The SMILES string of the molecule is CC(=O)c1cn(CCCN2C3CCC2CC(CCc2ccccc2)C3)c2c(C)cccc12. The molecule has 2 fully saturated rings. The third kappa shape index (κ3) is 4.28. The Kier molecular flexibility index (Phi) is 6.19. The van der Waals surface area contributed by atoms with Gasteiger partial charge in [-0.15, -0.1) is 0 Å². The van der Waals surface area contributed by atoms with E-state index in [2.05, 4.69) is 71.1 Å². The molecule has 2 bridgehead atoms. The van der Waals surface area contributed by atoms with Crippen LogP contribution in [0, 0.1) is 12.8 Å². The Morgan fingerprint density at radius 2 is 1.72 bits per heavy atom. The standard InChI is InChI=1S/C29H36N2O/c1-21-8-6-11-27-28(22(2)32)20-30(29(21)27)16-7-17-31-25-14-15-26(31)19-24(18-25)13-12-23-9-4-3-5-10-23/h3-6,8-11,20,24-26H,7,12-19H2,1-2H3. The molecule has 3 nitrogen and oxygen atoms in total. The van der Waals surface area contributed by atoms with Gasteiger partial charge in [0.05, 0.1) is 5.52 Å². The first-order valence-electron chi connectivity index (χ1n) is 12.5. The Bertz CT molecular complexity index is 1070. The van der Waals surface area contributed by atoms with E-state index >= 15 is 0 Å². The molecule has 5 rings (SSSR count). The number of carbonyl (C=O) groups excluding carboxylic acids is 1. The summed E-state index contributed by atoms with van der Waals surface area (Å²) in [4.78, 5) is 15.0. The number of fused-ring (bicyclic) bond motifs is 3. The Labute approximate surface area is 192 Å². The molecule has 2 aromatic carbocycles. The summed E-state index contributed by atoms with van der Waals surface area (Å²) in [5.41, 5.74) is 4.85. The van der Waals surface area contributed by atoms with Gasteiger partial charge >= 0.3 is 0 Å². The summed E-state index contributed by atoms with van der Waals surface area (Å²) >= 11 is 0. The molecule has 168 valence electrons. The van der Waals surface area contributed by atoms with Crippen LogP contribution in [0.25, 0.3) is 10.9 Å². The van der Waals surface area contributed by atoms with Gasteiger partial charge in [0.15, 0.2) is 5.78 Å². The van der Waals surface area contributed by atoms with Crippen molar-refractivity contribution in [3.05, 3.63) is 71.4 Å². The number of piperidine rings is 1. The maximum Gasteiger partial charge on any atom is 0.161 e. The Morgan fingerprint density at radius 1 is 0.969 bits per heavy atom. The van der Waals surface area contributed by atoms with Gasteiger partial charge in [-0.2, -0.15) is 0 Å². The van der Waals surface area contributed by atoms with Crippen LogP contribution in [0.4, 0.5) is 0 Å². The highest BCUT2D eigenvalue weighted by Crippen LogP contribution is 2.40. The third-order valence-electron chi connectivity index (χ3n) is 7.96. The van der Waals surface area contributed by atoms with Crippen LogP contribution in [-0.2, 0) is 13.0 Å². The number of hydrogen-bond acceptors (Lipinski definition) is 2. The molecular formula is C29H36N2O. The predicted octanol–water partition coefficient (Wildman–Crippen LogP) is 6.42. The number of benzene rings is 2. The number of para-hydroxylation sites is 1. The Balaban J connectivity index is 1.19. The molecule has 0 saturated carbocycles. The zero-order chi connectivity index (χ0) is 22.1. The van der Waals surface area contributed by atoms with E-state index < -0.39 is 0 Å². The molecule has 0 amide bonds. The molecule has 0 radical (unpaired) electrons. The van der Waals surface area contributed by atoms with Crippen LogP contribution in [-0.4, -0.2) is 33.9 Å². The number of ketones is 1. The predicted molar refractivity (Wildman–Crippen MR) is 132 cm³/mol. The fraction of sp³-hybridized carbons (Fsp3) is 0.483. The lowest BCUT2D eigenvalue weighted by molar-refractivity contribution is 0.0978. The highest BCUT2D eigenvalue weighted by atomic mass is 16.1. The normalized spacial score (nSPS) is 23.1. The van der Waals surface area contributed by atoms with Crippen LogP contribution in [0.2, 0.25) is 0 Å². The lowest BCUT2D eigenvalue weighted by Crippen LogP contribution is -2.43. The second-order valence-corrected chi connectivity index (χ2v) is 10.1. The number of aryl methyl sites for hydroxylation is 3. The van der Waals surface area contributed by atoms with E-state index in [1.54, 1.807) is 6.92 Å². The number of aromatic nitrogens is 1. The van der Waals surface area contributed by atoms with Crippen molar-refractivity contribution in [2.45, 2.75) is 77.4 Å². The molecule has 3 aromatic rings. The molecule has 0 spiro atoms. The van der Waals surface area contributed by atoms with Crippen molar-refractivity contribution in [2.24, 2.45) is 5.92 Å². The number of nitrogens with zero attached hydrogens (tertiary/aromatic N) is 2. The first-order valence-corrected chi connectivity index (χ1v) is 12.5.